The van der Waals surface area contributed by atoms with Crippen LogP contribution in [0.1, 0.15) is 29.6 Å². The third kappa shape index (κ3) is 4.99. The Hall–Kier alpha value is -1.58. The summed E-state index contributed by atoms with van der Waals surface area (Å²) in [6, 6.07) is 5.13. The molecule has 1 aromatic rings. The van der Waals surface area contributed by atoms with Crippen LogP contribution in [0.25, 0.3) is 0 Å². The first kappa shape index (κ1) is 20.7. The molecule has 0 bridgehead atoms. The van der Waals surface area contributed by atoms with Crippen LogP contribution in [0, 0.1) is 0 Å². The first-order valence-corrected chi connectivity index (χ1v) is 11.2. The number of sulfonamides is 1. The van der Waals surface area contributed by atoms with Gasteiger partial charge in [-0.15, -0.1) is 0 Å². The molecular formula is C17H24N2O5S2. The summed E-state index contributed by atoms with van der Waals surface area (Å²) in [4.78, 5) is 24.4. The molecular weight excluding hydrogens is 376 g/mol. The number of hydrogen-bond donors (Lipinski definition) is 1. The number of ether oxygens (including phenoxy) is 1. The number of esters is 1. The van der Waals surface area contributed by atoms with Crippen molar-refractivity contribution in [2.45, 2.75) is 30.2 Å². The molecule has 9 heteroatoms. The number of benzene rings is 1. The largest absolute Gasteiger partial charge is 0.467 e. The second-order valence-corrected chi connectivity index (χ2v) is 8.89. The molecule has 1 aromatic carbocycles. The fourth-order valence-electron chi connectivity index (χ4n) is 2.74. The molecule has 1 amide bonds. The zero-order valence-electron chi connectivity index (χ0n) is 14.9. The van der Waals surface area contributed by atoms with Crippen LogP contribution in [0.5, 0.6) is 0 Å². The van der Waals surface area contributed by atoms with E-state index in [0.29, 0.717) is 25.3 Å². The second kappa shape index (κ2) is 9.38. The van der Waals surface area contributed by atoms with E-state index in [9.17, 15) is 18.0 Å². The van der Waals surface area contributed by atoms with E-state index < -0.39 is 27.9 Å². The lowest BCUT2D eigenvalue weighted by atomic mass is 10.1. The van der Waals surface area contributed by atoms with E-state index in [1.165, 1.54) is 35.7 Å². The number of amides is 1. The number of thioether (sulfide) groups is 1. The van der Waals surface area contributed by atoms with Gasteiger partial charge in [-0.2, -0.15) is 16.1 Å². The molecule has 1 heterocycles. The van der Waals surface area contributed by atoms with Gasteiger partial charge >= 0.3 is 5.97 Å². The van der Waals surface area contributed by atoms with Crippen molar-refractivity contribution in [1.82, 2.24) is 9.62 Å². The Labute approximate surface area is 158 Å². The number of nitrogens with one attached hydrogen (secondary N) is 1. The third-order valence-electron chi connectivity index (χ3n) is 4.20. The number of carbonyl (C=O) groups excluding carboxylic acids is 2. The maximum atomic E-state index is 12.6. The lowest BCUT2D eigenvalue weighted by Gasteiger charge is -2.18. The summed E-state index contributed by atoms with van der Waals surface area (Å²) in [6.45, 7) is 0.996. The lowest BCUT2D eigenvalue weighted by molar-refractivity contribution is -0.142. The molecule has 0 saturated carbocycles. The van der Waals surface area contributed by atoms with E-state index in [1.54, 1.807) is 11.8 Å². The van der Waals surface area contributed by atoms with Crippen molar-refractivity contribution in [3.63, 3.8) is 0 Å². The van der Waals surface area contributed by atoms with Crippen LogP contribution in [-0.2, 0) is 19.6 Å². The van der Waals surface area contributed by atoms with Gasteiger partial charge in [0.1, 0.15) is 6.04 Å². The maximum absolute atomic E-state index is 12.6. The molecule has 0 aromatic heterocycles. The Morgan fingerprint density at radius 2 is 2.00 bits per heavy atom. The molecule has 0 radical (unpaired) electrons. The predicted molar refractivity (Wildman–Crippen MR) is 101 cm³/mol. The van der Waals surface area contributed by atoms with Gasteiger partial charge in [0.05, 0.1) is 12.0 Å². The number of methoxy groups -OCH3 is 1. The van der Waals surface area contributed by atoms with E-state index in [1.807, 2.05) is 6.26 Å². The highest BCUT2D eigenvalue weighted by atomic mass is 32.2. The van der Waals surface area contributed by atoms with Crippen LogP contribution in [0.3, 0.4) is 0 Å². The zero-order chi connectivity index (χ0) is 19.2. The van der Waals surface area contributed by atoms with E-state index >= 15 is 0 Å². The van der Waals surface area contributed by atoms with Crippen molar-refractivity contribution in [2.24, 2.45) is 0 Å². The van der Waals surface area contributed by atoms with Crippen LogP contribution in [0.2, 0.25) is 0 Å². The van der Waals surface area contributed by atoms with Gasteiger partial charge < -0.3 is 10.1 Å². The van der Waals surface area contributed by atoms with Gasteiger partial charge in [-0.1, -0.05) is 6.07 Å². The number of rotatable bonds is 8. The van der Waals surface area contributed by atoms with E-state index in [0.717, 1.165) is 12.8 Å². The molecule has 1 aliphatic heterocycles. The van der Waals surface area contributed by atoms with Crippen molar-refractivity contribution in [3.8, 4) is 0 Å². The smallest absolute Gasteiger partial charge is 0.328 e. The number of hydrogen-bond acceptors (Lipinski definition) is 6. The molecule has 0 unspecified atom stereocenters. The van der Waals surface area contributed by atoms with Gasteiger partial charge in [0.25, 0.3) is 5.91 Å². The van der Waals surface area contributed by atoms with Gasteiger partial charge in [-0.3, -0.25) is 4.79 Å². The van der Waals surface area contributed by atoms with Crippen molar-refractivity contribution >= 4 is 33.7 Å². The highest BCUT2D eigenvalue weighted by molar-refractivity contribution is 7.98. The zero-order valence-corrected chi connectivity index (χ0v) is 16.6. The number of nitrogens with zero attached hydrogens (tertiary/aromatic N) is 1. The third-order valence-corrected chi connectivity index (χ3v) is 6.74. The minimum atomic E-state index is -3.60. The molecule has 2 rings (SSSR count). The molecule has 1 N–H and O–H groups in total. The standard InChI is InChI=1S/C17H24N2O5S2/c1-24-17(21)15(8-11-25-2)18-16(20)13-6-5-7-14(12-13)26(22,23)19-9-3-4-10-19/h5-7,12,15H,3-4,8-11H2,1-2H3,(H,18,20)/t15-/m0/s1. The van der Waals surface area contributed by atoms with Crippen molar-refractivity contribution in [1.29, 1.82) is 0 Å². The fourth-order valence-corrected chi connectivity index (χ4v) is 4.78. The van der Waals surface area contributed by atoms with Gasteiger partial charge in [0.2, 0.25) is 10.0 Å². The van der Waals surface area contributed by atoms with Crippen LogP contribution in [0.15, 0.2) is 29.2 Å². The van der Waals surface area contributed by atoms with Crippen LogP contribution < -0.4 is 5.32 Å². The van der Waals surface area contributed by atoms with Gasteiger partial charge in [0, 0.05) is 18.7 Å². The van der Waals surface area contributed by atoms with E-state index in [-0.39, 0.29) is 10.5 Å². The maximum Gasteiger partial charge on any atom is 0.328 e. The molecule has 144 valence electrons. The van der Waals surface area contributed by atoms with Crippen molar-refractivity contribution in [3.05, 3.63) is 29.8 Å². The van der Waals surface area contributed by atoms with Crippen molar-refractivity contribution < 1.29 is 22.7 Å². The van der Waals surface area contributed by atoms with Crippen molar-refractivity contribution in [2.75, 3.05) is 32.2 Å². The topological polar surface area (TPSA) is 92.8 Å². The monoisotopic (exact) mass is 400 g/mol. The summed E-state index contributed by atoms with van der Waals surface area (Å²) < 4.78 is 31.4. The number of carbonyl (C=O) groups is 2. The van der Waals surface area contributed by atoms with E-state index in [4.69, 9.17) is 4.74 Å². The summed E-state index contributed by atoms with van der Waals surface area (Å²) in [5.41, 5.74) is 0.198. The van der Waals surface area contributed by atoms with Crippen LogP contribution >= 0.6 is 11.8 Å². The highest BCUT2D eigenvalue weighted by Crippen LogP contribution is 2.21. The van der Waals surface area contributed by atoms with Gasteiger partial charge in [-0.25, -0.2) is 13.2 Å². The molecule has 0 aliphatic carbocycles. The Bertz CT molecular complexity index is 745. The minimum Gasteiger partial charge on any atom is -0.467 e. The highest BCUT2D eigenvalue weighted by Gasteiger charge is 2.28. The van der Waals surface area contributed by atoms with Gasteiger partial charge in [0.15, 0.2) is 0 Å². The average Bonchev–Trinajstić information content (AvgIpc) is 3.20. The summed E-state index contributed by atoms with van der Waals surface area (Å²) >= 11 is 1.56. The summed E-state index contributed by atoms with van der Waals surface area (Å²) in [6.07, 6.45) is 4.03. The molecule has 1 fully saturated rings. The molecule has 1 aliphatic rings. The van der Waals surface area contributed by atoms with Crippen LogP contribution in [-0.4, -0.2) is 62.8 Å². The predicted octanol–water partition coefficient (Wildman–Crippen LogP) is 1.50. The molecule has 1 saturated heterocycles. The molecule has 0 spiro atoms. The quantitative estimate of drug-likeness (QED) is 0.665. The van der Waals surface area contributed by atoms with E-state index in [2.05, 4.69) is 5.32 Å². The van der Waals surface area contributed by atoms with Gasteiger partial charge in [-0.05, 0) is 49.5 Å². The summed E-state index contributed by atoms with van der Waals surface area (Å²) in [5, 5.41) is 2.63. The fraction of sp³-hybridized carbons (Fsp3) is 0.529. The minimum absolute atomic E-state index is 0.0887. The molecule has 26 heavy (non-hydrogen) atoms. The average molecular weight is 401 g/mol. The summed E-state index contributed by atoms with van der Waals surface area (Å²) in [5.74, 6) is -0.336. The lowest BCUT2D eigenvalue weighted by Crippen LogP contribution is -2.42. The Morgan fingerprint density at radius 3 is 2.62 bits per heavy atom. The first-order valence-electron chi connectivity index (χ1n) is 8.38. The Morgan fingerprint density at radius 1 is 1.31 bits per heavy atom. The second-order valence-electron chi connectivity index (χ2n) is 5.97. The summed E-state index contributed by atoms with van der Waals surface area (Å²) in [7, 11) is -2.33. The first-order chi connectivity index (χ1) is 12.4. The Kier molecular flexibility index (Phi) is 7.48. The Balaban J connectivity index is 2.17. The SMILES string of the molecule is COC(=O)[C@H](CCSC)NC(=O)c1cccc(S(=O)(=O)N2CCCC2)c1. The normalized spacial score (nSPS) is 16.2. The van der Waals surface area contributed by atoms with Crippen LogP contribution in [0.4, 0.5) is 0 Å². The molecule has 1 atom stereocenters. The molecule has 7 nitrogen and oxygen atoms in total.